The SMILES string of the molecule is CC(C)C1CC(=O)NC1=O.CC(C)C1CNC(=O)O1.CC(C)C1OC(=O)NC1=O.CC(C)C1SC(=O)NC1=O.CC(C)N1C(=O)COC1=O.CC(C)N1CCOC1=O.CC(C)c1n[nH]c(=O)[nH]1.CC(C)c1n[nH]c(=O)o1.CC(C)c1noc(=O)[nH]1.CC(C)n1cc[nH]c1=O. The first-order chi connectivity index (χ1) is 43.7. The predicted molar refractivity (Wildman–Crippen MR) is 340 cm³/mol. The third-order valence-corrected chi connectivity index (χ3v) is 14.2. The van der Waals surface area contributed by atoms with Gasteiger partial charge in [-0.25, -0.2) is 53.5 Å². The van der Waals surface area contributed by atoms with Gasteiger partial charge in [-0.05, 0) is 65.2 Å². The summed E-state index contributed by atoms with van der Waals surface area (Å²) in [6, 6.07) is 0.436. The van der Waals surface area contributed by atoms with Gasteiger partial charge in [0.05, 0.1) is 18.3 Å². The summed E-state index contributed by atoms with van der Waals surface area (Å²) in [5, 5.41) is 24.0. The lowest BCUT2D eigenvalue weighted by atomic mass is 9.95. The number of imidazole rings is 1. The number of nitrogens with one attached hydrogen (secondary N) is 9. The lowest BCUT2D eigenvalue weighted by Crippen LogP contribution is -2.35. The molecule has 6 fully saturated rings. The largest absolute Gasteiger partial charge is 0.448 e. The molecular weight excluding hydrogens is 1260 g/mol. The Morgan fingerprint density at radius 1 is 0.574 bits per heavy atom. The van der Waals surface area contributed by atoms with Crippen LogP contribution in [0.2, 0.25) is 0 Å². The molecule has 0 aliphatic carbocycles. The number of rotatable bonds is 10. The number of carbonyl (C=O) groups is 10. The molecule has 6 aliphatic heterocycles. The van der Waals surface area contributed by atoms with Crippen molar-refractivity contribution >= 4 is 70.9 Å². The van der Waals surface area contributed by atoms with Gasteiger partial charge in [0, 0.05) is 60.6 Å². The molecule has 10 rings (SSSR count). The molecule has 35 nitrogen and oxygen atoms in total. The van der Waals surface area contributed by atoms with Gasteiger partial charge in [-0.1, -0.05) is 114 Å². The Bertz CT molecular complexity index is 3070. The number of cyclic esters (lactones) is 4. The van der Waals surface area contributed by atoms with Crippen LogP contribution in [0.3, 0.4) is 0 Å². The minimum Gasteiger partial charge on any atom is -0.448 e. The summed E-state index contributed by atoms with van der Waals surface area (Å²) >= 11 is 1.08. The van der Waals surface area contributed by atoms with Crippen LogP contribution in [0.4, 0.5) is 24.0 Å². The maximum atomic E-state index is 10.9. The zero-order valence-electron chi connectivity index (χ0n) is 57.0. The molecule has 6 aliphatic rings. The third kappa shape index (κ3) is 30.1. The van der Waals surface area contributed by atoms with E-state index >= 15 is 0 Å². The lowest BCUT2D eigenvalue weighted by Gasteiger charge is -2.15. The van der Waals surface area contributed by atoms with Gasteiger partial charge in [0.1, 0.15) is 18.5 Å². The monoisotopic (exact) mass is 1350 g/mol. The average molecular weight is 1350 g/mol. The molecule has 4 atom stereocenters. The maximum absolute atomic E-state index is 10.9. The van der Waals surface area contributed by atoms with Crippen molar-refractivity contribution in [3.8, 4) is 0 Å². The fourth-order valence-electron chi connectivity index (χ4n) is 7.52. The average Bonchev–Trinajstić information content (AvgIpc) is 3.68. The summed E-state index contributed by atoms with van der Waals surface area (Å²) < 4.78 is 29.2. The summed E-state index contributed by atoms with van der Waals surface area (Å²) in [4.78, 5) is 159. The Labute approximate surface area is 547 Å². The van der Waals surface area contributed by atoms with Crippen LogP contribution in [-0.2, 0) is 42.9 Å². The number of hydrogen-bond acceptors (Lipinski definition) is 24. The highest BCUT2D eigenvalue weighted by atomic mass is 32.2. The molecule has 6 saturated heterocycles. The Hall–Kier alpha value is -9.12. The van der Waals surface area contributed by atoms with Crippen LogP contribution in [-0.4, -0.2) is 170 Å². The Morgan fingerprint density at radius 3 is 1.41 bits per heavy atom. The number of aromatic nitrogens is 9. The van der Waals surface area contributed by atoms with Gasteiger partial charge in [-0.2, -0.15) is 5.10 Å². The second kappa shape index (κ2) is 40.8. The molecule has 0 bridgehead atoms. The number of imide groups is 4. The van der Waals surface area contributed by atoms with E-state index in [0.717, 1.165) is 23.2 Å². The summed E-state index contributed by atoms with van der Waals surface area (Å²) in [5.74, 6) is 1.36. The van der Waals surface area contributed by atoms with Gasteiger partial charge >= 0.3 is 47.3 Å². The molecule has 9 N–H and O–H groups in total. The quantitative estimate of drug-likeness (QED) is 0.0699. The Morgan fingerprint density at radius 2 is 1.20 bits per heavy atom. The van der Waals surface area contributed by atoms with Crippen molar-refractivity contribution in [2.45, 2.75) is 198 Å². The van der Waals surface area contributed by atoms with Gasteiger partial charge in [0.15, 0.2) is 18.5 Å². The fraction of sp³-hybridized carbons (Fsp3) is 0.672. The van der Waals surface area contributed by atoms with E-state index in [1.54, 1.807) is 35.7 Å². The molecule has 0 aromatic carbocycles. The first-order valence-corrected chi connectivity index (χ1v) is 31.3. The first kappa shape index (κ1) is 82.9. The van der Waals surface area contributed by atoms with Crippen LogP contribution in [0.1, 0.15) is 186 Å². The molecule has 528 valence electrons. The highest BCUT2D eigenvalue weighted by molar-refractivity contribution is 8.15. The van der Waals surface area contributed by atoms with Gasteiger partial charge in [0.2, 0.25) is 23.6 Å². The molecule has 4 aromatic rings. The second-order valence-corrected chi connectivity index (χ2v) is 25.3. The van der Waals surface area contributed by atoms with E-state index in [1.807, 2.05) is 130 Å². The van der Waals surface area contributed by atoms with Crippen LogP contribution in [0, 0.1) is 29.6 Å². The topological polar surface area (TPSA) is 479 Å². The highest BCUT2D eigenvalue weighted by Gasteiger charge is 2.36. The summed E-state index contributed by atoms with van der Waals surface area (Å²) in [6.45, 7) is 40.3. The summed E-state index contributed by atoms with van der Waals surface area (Å²) in [6.07, 6.45) is 1.62. The number of hydrogen-bond donors (Lipinski definition) is 9. The molecule has 4 aromatic heterocycles. The molecule has 10 amide bonds. The number of alkyl carbamates (subject to hydrolysis) is 2. The number of H-pyrrole nitrogens is 5. The molecule has 36 heteroatoms. The lowest BCUT2D eigenvalue weighted by molar-refractivity contribution is -0.127. The maximum Gasteiger partial charge on any atom is 0.438 e. The molecular formula is C58H95N15O20S. The van der Waals surface area contributed by atoms with Crippen molar-refractivity contribution in [1.82, 2.24) is 76.1 Å². The number of carbonyl (C=O) groups excluding carboxylic acids is 10. The van der Waals surface area contributed by atoms with Crippen molar-refractivity contribution in [3.63, 3.8) is 0 Å². The van der Waals surface area contributed by atoms with E-state index in [1.165, 1.54) is 0 Å². The van der Waals surface area contributed by atoms with Crippen molar-refractivity contribution < 1.29 is 75.8 Å². The molecule has 0 radical (unpaired) electrons. The predicted octanol–water partition coefficient (Wildman–Crippen LogP) is 5.50. The van der Waals surface area contributed by atoms with E-state index in [0.29, 0.717) is 43.0 Å². The Balaban J connectivity index is 0.000000522. The van der Waals surface area contributed by atoms with Gasteiger partial charge in [-0.3, -0.25) is 63.8 Å². The standard InChI is InChI=1S/C7H11NO2.C6H10N2O.2C6H9NO3.C6H9NO2S.2C6H11NO2.C5H9N3O.2C5H8N2O2/c1-4(2)5-3-6(9)8-7(5)10;1-5(2)8-4-3-7-6(8)9;1-4(2)7-5(8)3-10-6(7)9;2*1-3(2)4-5(8)7-6(9)10-4;1-5(2)7-3-4-9-6(7)8;1-4(2)5-3-7-6(8)9-5;1-3(2)4-6-5(9)8-7-4;1-3(2)4-6-7-5(8)9-4;1-3(2)4-6-5(8)9-7-4/h4-5H,3H2,1-2H3,(H,8,9,10);3-5H,1-2H3,(H,7,9);4H,3H2,1-2H3;2*3-4H,1-2H3,(H,7,8,9);5H,3-4H2,1-2H3;4-5H,3H2,1-2H3,(H,7,8);3H,1-2H3,(H2,6,7,8,9);3H,1-2H3,(H,7,8);3H,1-2H3,(H,6,7,8). The van der Waals surface area contributed by atoms with Crippen molar-refractivity contribution in [2.24, 2.45) is 29.6 Å². The normalized spacial score (nSPS) is 18.4. The molecule has 94 heavy (non-hydrogen) atoms. The number of amides is 10. The van der Waals surface area contributed by atoms with Crippen molar-refractivity contribution in [2.75, 3.05) is 26.3 Å². The molecule has 10 heterocycles. The second-order valence-electron chi connectivity index (χ2n) is 24.2. The smallest absolute Gasteiger partial charge is 0.438 e. The zero-order valence-corrected chi connectivity index (χ0v) is 57.8. The van der Waals surface area contributed by atoms with Gasteiger partial charge in [0.25, 0.3) is 17.1 Å². The zero-order chi connectivity index (χ0) is 72.0. The third-order valence-electron chi connectivity index (χ3n) is 12.9. The van der Waals surface area contributed by atoms with Gasteiger partial charge < -0.3 is 38.6 Å². The Kier molecular flexibility index (Phi) is 36.0. The van der Waals surface area contributed by atoms with Crippen LogP contribution in [0.25, 0.3) is 0 Å². The molecule has 0 saturated carbocycles. The van der Waals surface area contributed by atoms with E-state index in [4.69, 9.17) is 9.47 Å². The van der Waals surface area contributed by atoms with E-state index < -0.39 is 29.8 Å². The first-order valence-electron chi connectivity index (χ1n) is 30.4. The van der Waals surface area contributed by atoms with Crippen LogP contribution in [0.15, 0.2) is 40.5 Å². The van der Waals surface area contributed by atoms with Gasteiger partial charge in [-0.15, -0.1) is 5.10 Å². The fourth-order valence-corrected chi connectivity index (χ4v) is 8.35. The van der Waals surface area contributed by atoms with Crippen LogP contribution >= 0.6 is 11.8 Å². The molecule has 4 unspecified atom stereocenters. The number of thioether (sulfide) groups is 1. The summed E-state index contributed by atoms with van der Waals surface area (Å²) in [5.41, 5.74) is -0.274. The number of nitrogens with zero attached hydrogens (tertiary/aromatic N) is 6. The summed E-state index contributed by atoms with van der Waals surface area (Å²) in [7, 11) is 0. The minimum absolute atomic E-state index is 0.0370. The van der Waals surface area contributed by atoms with E-state index in [-0.39, 0.29) is 136 Å². The van der Waals surface area contributed by atoms with Crippen molar-refractivity contribution in [1.29, 1.82) is 0 Å². The number of aromatic amines is 5. The van der Waals surface area contributed by atoms with E-state index in [9.17, 15) is 67.1 Å². The number of ether oxygens (including phenoxy) is 4. The minimum atomic E-state index is -0.635. The van der Waals surface area contributed by atoms with Crippen LogP contribution in [0.5, 0.6) is 0 Å². The van der Waals surface area contributed by atoms with Crippen molar-refractivity contribution in [3.05, 3.63) is 72.0 Å². The van der Waals surface area contributed by atoms with E-state index in [2.05, 4.69) is 74.9 Å². The highest BCUT2D eigenvalue weighted by Crippen LogP contribution is 2.25. The molecule has 0 spiro atoms. The van der Waals surface area contributed by atoms with Crippen LogP contribution < -0.4 is 44.2 Å².